The average Bonchev–Trinajstić information content (AvgIpc) is 2.70. The molecule has 0 aliphatic rings. The first-order chi connectivity index (χ1) is 13.8. The highest BCUT2D eigenvalue weighted by Crippen LogP contribution is 2.37. The highest BCUT2D eigenvalue weighted by Gasteiger charge is 2.27. The van der Waals surface area contributed by atoms with E-state index in [-0.39, 0.29) is 41.9 Å². The molecule has 0 saturated heterocycles. The fourth-order valence-electron chi connectivity index (χ4n) is 2.85. The van der Waals surface area contributed by atoms with Gasteiger partial charge in [-0.05, 0) is 24.6 Å². The van der Waals surface area contributed by atoms with Gasteiger partial charge in [-0.15, -0.1) is 0 Å². The quantitative estimate of drug-likeness (QED) is 0.535. The van der Waals surface area contributed by atoms with E-state index in [0.717, 1.165) is 6.07 Å². The van der Waals surface area contributed by atoms with Crippen LogP contribution in [0.1, 0.15) is 29.4 Å². The number of hydrogen-bond donors (Lipinski definition) is 3. The summed E-state index contributed by atoms with van der Waals surface area (Å²) in [5, 5.41) is 22.8. The van der Waals surface area contributed by atoms with Gasteiger partial charge < -0.3 is 34.2 Å². The van der Waals surface area contributed by atoms with Crippen LogP contribution in [0, 0.1) is 6.92 Å². The maximum Gasteiger partial charge on any atom is 0.227 e. The van der Waals surface area contributed by atoms with Gasteiger partial charge in [0.25, 0.3) is 0 Å². The number of nitrogens with one attached hydrogen (secondary N) is 1. The minimum Gasteiger partial charge on any atom is -0.504 e. The van der Waals surface area contributed by atoms with Crippen LogP contribution < -0.4 is 15.5 Å². The number of hydrogen-bond acceptors (Lipinski definition) is 8. The maximum atomic E-state index is 12.5. The summed E-state index contributed by atoms with van der Waals surface area (Å²) >= 11 is 0. The van der Waals surface area contributed by atoms with Gasteiger partial charge in [0.2, 0.25) is 17.1 Å². The molecule has 1 unspecified atom stereocenters. The molecule has 1 heterocycles. The van der Waals surface area contributed by atoms with Gasteiger partial charge in [0, 0.05) is 26.7 Å². The SMILES string of the molecule is COc1cc(C(CC(=O)NCC(OC)OC)c2oc(C)cc(=O)c2O)ccc1O. The summed E-state index contributed by atoms with van der Waals surface area (Å²) in [4.78, 5) is 24.6. The molecule has 1 atom stereocenters. The van der Waals surface area contributed by atoms with Crippen molar-refractivity contribution in [1.82, 2.24) is 5.32 Å². The van der Waals surface area contributed by atoms with Crippen molar-refractivity contribution in [1.29, 1.82) is 0 Å². The molecule has 9 heteroatoms. The van der Waals surface area contributed by atoms with E-state index in [0.29, 0.717) is 5.56 Å². The van der Waals surface area contributed by atoms with Crippen molar-refractivity contribution in [2.24, 2.45) is 0 Å². The summed E-state index contributed by atoms with van der Waals surface area (Å²) in [6.07, 6.45) is -0.759. The highest BCUT2D eigenvalue weighted by atomic mass is 16.7. The maximum absolute atomic E-state index is 12.5. The Hall–Kier alpha value is -3.04. The Balaban J connectivity index is 2.42. The molecule has 0 radical (unpaired) electrons. The van der Waals surface area contributed by atoms with Crippen LogP contribution in [0.5, 0.6) is 17.2 Å². The number of ether oxygens (including phenoxy) is 3. The average molecular weight is 407 g/mol. The van der Waals surface area contributed by atoms with E-state index in [1.807, 2.05) is 0 Å². The number of rotatable bonds is 9. The van der Waals surface area contributed by atoms with E-state index in [1.54, 1.807) is 13.0 Å². The van der Waals surface area contributed by atoms with Crippen molar-refractivity contribution in [3.63, 3.8) is 0 Å². The zero-order valence-corrected chi connectivity index (χ0v) is 16.7. The van der Waals surface area contributed by atoms with Crippen LogP contribution in [0.2, 0.25) is 0 Å². The molecular weight excluding hydrogens is 382 g/mol. The number of aromatic hydroxyl groups is 2. The Morgan fingerprint density at radius 3 is 2.48 bits per heavy atom. The monoisotopic (exact) mass is 407 g/mol. The minimum absolute atomic E-state index is 0.0482. The Bertz CT molecular complexity index is 904. The van der Waals surface area contributed by atoms with E-state index in [4.69, 9.17) is 18.6 Å². The molecule has 3 N–H and O–H groups in total. The van der Waals surface area contributed by atoms with Gasteiger partial charge in [0.1, 0.15) is 5.76 Å². The van der Waals surface area contributed by atoms with E-state index >= 15 is 0 Å². The third kappa shape index (κ3) is 5.49. The molecule has 9 nitrogen and oxygen atoms in total. The molecule has 2 rings (SSSR count). The summed E-state index contributed by atoms with van der Waals surface area (Å²) in [5.41, 5.74) is -0.104. The summed E-state index contributed by atoms with van der Waals surface area (Å²) in [7, 11) is 4.29. The molecule has 0 spiro atoms. The molecular formula is C20H25NO8. The standard InChI is InChI=1S/C20H25NO8/c1-11-7-15(23)19(25)20(29-11)13(9-17(24)21-10-18(27-3)28-4)12-5-6-14(22)16(8-12)26-2/h5-8,13,18,22,25H,9-10H2,1-4H3,(H,21,24). The molecule has 158 valence electrons. The molecule has 1 aromatic carbocycles. The number of carbonyl (C=O) groups is 1. The first-order valence-electron chi connectivity index (χ1n) is 8.83. The van der Waals surface area contributed by atoms with Gasteiger partial charge >= 0.3 is 0 Å². The van der Waals surface area contributed by atoms with Crippen LogP contribution >= 0.6 is 0 Å². The minimum atomic E-state index is -0.805. The number of amides is 1. The Morgan fingerprint density at radius 1 is 1.17 bits per heavy atom. The first kappa shape index (κ1) is 22.3. The van der Waals surface area contributed by atoms with E-state index in [2.05, 4.69) is 5.32 Å². The smallest absolute Gasteiger partial charge is 0.227 e. The molecule has 0 aliphatic heterocycles. The predicted molar refractivity (Wildman–Crippen MR) is 103 cm³/mol. The zero-order chi connectivity index (χ0) is 21.6. The third-order valence-electron chi connectivity index (χ3n) is 4.38. The molecule has 0 bridgehead atoms. The van der Waals surface area contributed by atoms with Crippen LogP contribution in [0.25, 0.3) is 0 Å². The molecule has 0 saturated carbocycles. The number of phenols is 1. The second-order valence-corrected chi connectivity index (χ2v) is 6.33. The van der Waals surface area contributed by atoms with Crippen molar-refractivity contribution in [3.8, 4) is 17.2 Å². The second-order valence-electron chi connectivity index (χ2n) is 6.33. The van der Waals surface area contributed by atoms with Gasteiger partial charge in [-0.25, -0.2) is 0 Å². The molecule has 0 fully saturated rings. The number of benzene rings is 1. The molecule has 2 aromatic rings. The van der Waals surface area contributed by atoms with Crippen LogP contribution in [-0.4, -0.2) is 50.3 Å². The van der Waals surface area contributed by atoms with Crippen molar-refractivity contribution >= 4 is 5.91 Å². The van der Waals surface area contributed by atoms with Crippen LogP contribution in [-0.2, 0) is 14.3 Å². The fraction of sp³-hybridized carbons (Fsp3) is 0.400. The molecule has 0 aliphatic carbocycles. The zero-order valence-electron chi connectivity index (χ0n) is 16.7. The van der Waals surface area contributed by atoms with Crippen molar-refractivity contribution in [2.75, 3.05) is 27.9 Å². The lowest BCUT2D eigenvalue weighted by Crippen LogP contribution is -2.35. The predicted octanol–water partition coefficient (Wildman–Crippen LogP) is 1.63. The van der Waals surface area contributed by atoms with Gasteiger partial charge in [-0.3, -0.25) is 9.59 Å². The number of aryl methyl sites for hydroxylation is 1. The third-order valence-corrected chi connectivity index (χ3v) is 4.38. The van der Waals surface area contributed by atoms with Gasteiger partial charge in [0.15, 0.2) is 23.5 Å². The van der Waals surface area contributed by atoms with Gasteiger partial charge in [-0.1, -0.05) is 6.07 Å². The number of carbonyl (C=O) groups excluding carboxylic acids is 1. The topological polar surface area (TPSA) is 127 Å². The number of phenolic OH excluding ortho intramolecular Hbond substituents is 1. The first-order valence-corrected chi connectivity index (χ1v) is 8.83. The molecule has 1 aromatic heterocycles. The lowest BCUT2D eigenvalue weighted by Gasteiger charge is -2.20. The largest absolute Gasteiger partial charge is 0.504 e. The second kappa shape index (κ2) is 9.94. The van der Waals surface area contributed by atoms with Crippen molar-refractivity contribution in [3.05, 3.63) is 51.6 Å². The molecule has 29 heavy (non-hydrogen) atoms. The lowest BCUT2D eigenvalue weighted by atomic mass is 9.91. The van der Waals surface area contributed by atoms with Gasteiger partial charge in [-0.2, -0.15) is 0 Å². The Labute approximate surface area is 167 Å². The van der Waals surface area contributed by atoms with E-state index in [9.17, 15) is 19.8 Å². The van der Waals surface area contributed by atoms with Gasteiger partial charge in [0.05, 0.1) is 19.6 Å². The summed E-state index contributed by atoms with van der Waals surface area (Å²) < 4.78 is 20.8. The summed E-state index contributed by atoms with van der Waals surface area (Å²) in [5.74, 6) is -1.43. The fourth-order valence-corrected chi connectivity index (χ4v) is 2.85. The van der Waals surface area contributed by atoms with E-state index < -0.39 is 23.4 Å². The normalized spacial score (nSPS) is 12.0. The Morgan fingerprint density at radius 2 is 1.86 bits per heavy atom. The van der Waals surface area contributed by atoms with Crippen LogP contribution in [0.4, 0.5) is 0 Å². The molecule has 1 amide bonds. The van der Waals surface area contributed by atoms with Crippen LogP contribution in [0.3, 0.4) is 0 Å². The van der Waals surface area contributed by atoms with E-state index in [1.165, 1.54) is 33.5 Å². The summed E-state index contributed by atoms with van der Waals surface area (Å²) in [6, 6.07) is 5.64. The summed E-state index contributed by atoms with van der Waals surface area (Å²) in [6.45, 7) is 1.68. The highest BCUT2D eigenvalue weighted by molar-refractivity contribution is 5.77. The van der Waals surface area contributed by atoms with Crippen molar-refractivity contribution < 1.29 is 33.6 Å². The number of methoxy groups -OCH3 is 3. The van der Waals surface area contributed by atoms with Crippen LogP contribution in [0.15, 0.2) is 33.5 Å². The Kier molecular flexibility index (Phi) is 7.63. The lowest BCUT2D eigenvalue weighted by molar-refractivity contribution is -0.127. The van der Waals surface area contributed by atoms with Crippen molar-refractivity contribution in [2.45, 2.75) is 25.6 Å².